The lowest BCUT2D eigenvalue weighted by Crippen LogP contribution is -2.27. The fourth-order valence-electron chi connectivity index (χ4n) is 2.46. The molecule has 3 rings (SSSR count). The molecule has 0 radical (unpaired) electrons. The predicted molar refractivity (Wildman–Crippen MR) is 83.7 cm³/mol. The number of hydrogen-bond donors (Lipinski definition) is 0. The number of carbonyl (C=O) groups is 1. The summed E-state index contributed by atoms with van der Waals surface area (Å²) >= 11 is 1.47. The Morgan fingerprint density at radius 1 is 1.32 bits per heavy atom. The van der Waals surface area contributed by atoms with Crippen molar-refractivity contribution in [1.29, 1.82) is 0 Å². The minimum absolute atomic E-state index is 0.0627. The van der Waals surface area contributed by atoms with Crippen LogP contribution in [-0.4, -0.2) is 15.5 Å². The Morgan fingerprint density at radius 2 is 2.05 bits per heavy atom. The van der Waals surface area contributed by atoms with Crippen LogP contribution in [0.3, 0.4) is 0 Å². The molecule has 112 valence electrons. The summed E-state index contributed by atoms with van der Waals surface area (Å²) < 4.78 is 1.33. The van der Waals surface area contributed by atoms with E-state index < -0.39 is 5.97 Å². The van der Waals surface area contributed by atoms with Gasteiger partial charge in [-0.3, -0.25) is 9.36 Å². The van der Waals surface area contributed by atoms with Crippen molar-refractivity contribution in [3.63, 3.8) is 0 Å². The number of nitrogens with zero attached hydrogens (tertiary/aromatic N) is 2. The first kappa shape index (κ1) is 14.5. The monoisotopic (exact) mass is 313 g/mol. The van der Waals surface area contributed by atoms with Crippen LogP contribution in [0.25, 0.3) is 21.3 Å². The number of carbonyl (C=O) groups excluding carboxylic acids is 1. The van der Waals surface area contributed by atoms with Crippen LogP contribution in [0.15, 0.2) is 41.5 Å². The van der Waals surface area contributed by atoms with Crippen molar-refractivity contribution in [2.24, 2.45) is 0 Å². The number of fused-ring (bicyclic) bond motifs is 1. The van der Waals surface area contributed by atoms with Crippen LogP contribution >= 0.6 is 11.3 Å². The molecule has 2 aromatic heterocycles. The zero-order valence-electron chi connectivity index (χ0n) is 11.9. The van der Waals surface area contributed by atoms with Gasteiger partial charge in [-0.15, -0.1) is 11.3 Å². The Labute approximate surface area is 130 Å². The fraction of sp³-hybridized carbons (Fsp3) is 0.188. The van der Waals surface area contributed by atoms with E-state index in [1.165, 1.54) is 22.2 Å². The summed E-state index contributed by atoms with van der Waals surface area (Å²) in [5.74, 6) is -1.18. The summed E-state index contributed by atoms with van der Waals surface area (Å²) in [6, 6.07) is 9.66. The van der Waals surface area contributed by atoms with Crippen LogP contribution in [0.5, 0.6) is 0 Å². The SMILES string of the molecule is Cc1sc2ncn(CCC(=O)[O-])c(=O)c2c1-c1ccccc1. The van der Waals surface area contributed by atoms with E-state index in [0.717, 1.165) is 16.0 Å². The smallest absolute Gasteiger partial charge is 0.262 e. The van der Waals surface area contributed by atoms with Gasteiger partial charge in [-0.05, 0) is 12.5 Å². The van der Waals surface area contributed by atoms with Gasteiger partial charge in [-0.1, -0.05) is 30.3 Å². The molecule has 0 aliphatic carbocycles. The van der Waals surface area contributed by atoms with Gasteiger partial charge in [0.05, 0.1) is 11.7 Å². The molecule has 0 unspecified atom stereocenters. The van der Waals surface area contributed by atoms with E-state index in [2.05, 4.69) is 4.98 Å². The molecule has 0 amide bonds. The Bertz CT molecular complexity index is 897. The van der Waals surface area contributed by atoms with Crippen molar-refractivity contribution in [2.75, 3.05) is 0 Å². The lowest BCUT2D eigenvalue weighted by Gasteiger charge is -2.07. The molecule has 0 aliphatic rings. The molecule has 0 saturated heterocycles. The first-order valence-corrected chi connectivity index (χ1v) is 7.63. The predicted octanol–water partition coefficient (Wildman–Crippen LogP) is 1.57. The summed E-state index contributed by atoms with van der Waals surface area (Å²) in [5, 5.41) is 11.1. The molecule has 22 heavy (non-hydrogen) atoms. The first-order chi connectivity index (χ1) is 10.6. The number of thiophene rings is 1. The summed E-state index contributed by atoms with van der Waals surface area (Å²) in [4.78, 5) is 29.2. The highest BCUT2D eigenvalue weighted by Crippen LogP contribution is 2.35. The molecule has 3 aromatic rings. The summed E-state index contributed by atoms with van der Waals surface area (Å²) in [6.45, 7) is 2.02. The maximum atomic E-state index is 12.7. The molecule has 0 atom stereocenters. The number of aliphatic carboxylic acids is 1. The second-order valence-electron chi connectivity index (χ2n) is 4.94. The summed E-state index contributed by atoms with van der Waals surface area (Å²) in [6.07, 6.45) is 1.19. The van der Waals surface area contributed by atoms with Crippen molar-refractivity contribution in [3.8, 4) is 11.1 Å². The minimum Gasteiger partial charge on any atom is -0.550 e. The highest BCUT2D eigenvalue weighted by molar-refractivity contribution is 7.19. The third-order valence-electron chi connectivity index (χ3n) is 3.47. The molecule has 6 heteroatoms. The van der Waals surface area contributed by atoms with E-state index >= 15 is 0 Å². The number of benzene rings is 1. The number of hydrogen-bond acceptors (Lipinski definition) is 5. The van der Waals surface area contributed by atoms with Gasteiger partial charge in [0.25, 0.3) is 5.56 Å². The maximum absolute atomic E-state index is 12.7. The first-order valence-electron chi connectivity index (χ1n) is 6.81. The summed E-state index contributed by atoms with van der Waals surface area (Å²) in [7, 11) is 0. The van der Waals surface area contributed by atoms with Gasteiger partial charge in [-0.25, -0.2) is 4.98 Å². The molecule has 0 fully saturated rings. The second-order valence-corrected chi connectivity index (χ2v) is 6.15. The standard InChI is InChI=1S/C16H14N2O3S/c1-10-13(11-5-3-2-4-6-11)14-15(22-10)17-9-18(16(14)21)8-7-12(19)20/h2-6,9H,7-8H2,1H3,(H,19,20)/p-1. The van der Waals surface area contributed by atoms with Crippen LogP contribution in [0.1, 0.15) is 11.3 Å². The zero-order valence-corrected chi connectivity index (χ0v) is 12.7. The van der Waals surface area contributed by atoms with E-state index in [9.17, 15) is 14.7 Å². The topological polar surface area (TPSA) is 75.0 Å². The number of carboxylic acids is 1. The van der Waals surface area contributed by atoms with E-state index in [4.69, 9.17) is 0 Å². The van der Waals surface area contributed by atoms with Crippen LogP contribution in [0.4, 0.5) is 0 Å². The molecule has 0 spiro atoms. The van der Waals surface area contributed by atoms with Crippen LogP contribution < -0.4 is 10.7 Å². The Morgan fingerprint density at radius 3 is 2.73 bits per heavy atom. The van der Waals surface area contributed by atoms with E-state index in [1.807, 2.05) is 37.3 Å². The van der Waals surface area contributed by atoms with Crippen LogP contribution in [0.2, 0.25) is 0 Å². The van der Waals surface area contributed by atoms with Gasteiger partial charge in [-0.2, -0.15) is 0 Å². The minimum atomic E-state index is -1.18. The normalized spacial score (nSPS) is 11.0. The van der Waals surface area contributed by atoms with Gasteiger partial charge in [0.1, 0.15) is 4.83 Å². The molecule has 5 nitrogen and oxygen atoms in total. The molecule has 0 bridgehead atoms. The quantitative estimate of drug-likeness (QED) is 0.733. The van der Waals surface area contributed by atoms with E-state index in [-0.39, 0.29) is 18.5 Å². The van der Waals surface area contributed by atoms with Gasteiger partial charge < -0.3 is 9.90 Å². The Kier molecular flexibility index (Phi) is 3.77. The number of rotatable bonds is 4. The Hall–Kier alpha value is -2.47. The van der Waals surface area contributed by atoms with Crippen molar-refractivity contribution >= 4 is 27.5 Å². The third kappa shape index (κ3) is 2.53. The van der Waals surface area contributed by atoms with Gasteiger partial charge in [0, 0.05) is 29.4 Å². The van der Waals surface area contributed by atoms with Crippen LogP contribution in [-0.2, 0) is 11.3 Å². The molecule has 0 aliphatic heterocycles. The molecular weight excluding hydrogens is 300 g/mol. The van der Waals surface area contributed by atoms with Crippen molar-refractivity contribution < 1.29 is 9.90 Å². The van der Waals surface area contributed by atoms with Crippen molar-refractivity contribution in [2.45, 2.75) is 19.9 Å². The number of aryl methyl sites for hydroxylation is 2. The summed E-state index contributed by atoms with van der Waals surface area (Å²) in [5.41, 5.74) is 1.62. The lowest BCUT2D eigenvalue weighted by molar-refractivity contribution is -0.305. The molecule has 0 N–H and O–H groups in total. The number of aromatic nitrogens is 2. The van der Waals surface area contributed by atoms with Crippen molar-refractivity contribution in [1.82, 2.24) is 9.55 Å². The second kappa shape index (κ2) is 5.73. The average molecular weight is 313 g/mol. The largest absolute Gasteiger partial charge is 0.550 e. The fourth-order valence-corrected chi connectivity index (χ4v) is 3.46. The van der Waals surface area contributed by atoms with Gasteiger partial charge in [0.15, 0.2) is 0 Å². The van der Waals surface area contributed by atoms with E-state index in [0.29, 0.717) is 10.2 Å². The zero-order chi connectivity index (χ0) is 15.7. The lowest BCUT2D eigenvalue weighted by atomic mass is 10.0. The van der Waals surface area contributed by atoms with E-state index in [1.54, 1.807) is 0 Å². The van der Waals surface area contributed by atoms with Gasteiger partial charge >= 0.3 is 0 Å². The van der Waals surface area contributed by atoms with Crippen molar-refractivity contribution in [3.05, 3.63) is 51.9 Å². The highest BCUT2D eigenvalue weighted by Gasteiger charge is 2.16. The highest BCUT2D eigenvalue weighted by atomic mass is 32.1. The molecule has 1 aromatic carbocycles. The maximum Gasteiger partial charge on any atom is 0.262 e. The molecule has 0 saturated carbocycles. The molecular formula is C16H13N2O3S-. The Balaban J connectivity index is 2.21. The van der Waals surface area contributed by atoms with Crippen LogP contribution in [0, 0.1) is 6.92 Å². The molecule has 2 heterocycles. The van der Waals surface area contributed by atoms with Gasteiger partial charge in [0.2, 0.25) is 0 Å². The number of carboxylic acid groups (broad SMARTS) is 1. The average Bonchev–Trinajstić information content (AvgIpc) is 2.84. The third-order valence-corrected chi connectivity index (χ3v) is 4.49.